The average Bonchev–Trinajstić information content (AvgIpc) is 3.46. The molecular formula is C17H20ClF3N2O5S. The Hall–Kier alpha value is -1.85. The van der Waals surface area contributed by atoms with Gasteiger partial charge in [0.05, 0.1) is 4.90 Å². The Morgan fingerprint density at radius 1 is 1.07 bits per heavy atom. The molecule has 2 fully saturated rings. The van der Waals surface area contributed by atoms with Gasteiger partial charge in [-0.05, 0) is 49.9 Å². The third-order valence-electron chi connectivity index (χ3n) is 4.44. The number of benzene rings is 1. The van der Waals surface area contributed by atoms with Gasteiger partial charge in [-0.15, -0.1) is 0 Å². The molecule has 1 aliphatic carbocycles. The molecule has 7 nitrogen and oxygen atoms in total. The van der Waals surface area contributed by atoms with Gasteiger partial charge in [0.25, 0.3) is 0 Å². The third-order valence-corrected chi connectivity index (χ3v) is 6.61. The van der Waals surface area contributed by atoms with Crippen LogP contribution in [0, 0.1) is 5.92 Å². The third kappa shape index (κ3) is 6.86. The van der Waals surface area contributed by atoms with Gasteiger partial charge in [-0.3, -0.25) is 4.79 Å². The quantitative estimate of drug-likeness (QED) is 0.725. The zero-order chi connectivity index (χ0) is 21.8. The molecule has 0 radical (unpaired) electrons. The largest absolute Gasteiger partial charge is 0.490 e. The molecule has 2 aliphatic rings. The van der Waals surface area contributed by atoms with Gasteiger partial charge in [0.15, 0.2) is 0 Å². The maximum absolute atomic E-state index is 12.5. The number of carbonyl (C=O) groups is 2. The average molecular weight is 457 g/mol. The number of halogens is 4. The Balaban J connectivity index is 0.000000370. The number of carboxylic acid groups (broad SMARTS) is 1. The molecule has 1 saturated carbocycles. The maximum atomic E-state index is 12.5. The summed E-state index contributed by atoms with van der Waals surface area (Å²) in [6.07, 6.45) is -1.80. The number of piperidine rings is 1. The highest BCUT2D eigenvalue weighted by molar-refractivity contribution is 7.89. The van der Waals surface area contributed by atoms with Gasteiger partial charge < -0.3 is 10.4 Å². The molecule has 2 N–H and O–H groups in total. The SMILES string of the molecule is O=C(NC1CC1)C1CCN(S(=O)(=O)c2ccc(Cl)cc2)CC1.O=C(O)C(F)(F)F. The minimum Gasteiger partial charge on any atom is -0.475 e. The molecule has 0 bridgehead atoms. The first-order valence-electron chi connectivity index (χ1n) is 8.77. The molecular weight excluding hydrogens is 437 g/mol. The summed E-state index contributed by atoms with van der Waals surface area (Å²) in [4.78, 5) is 21.2. The van der Waals surface area contributed by atoms with Crippen LogP contribution < -0.4 is 5.32 Å². The fraction of sp³-hybridized carbons (Fsp3) is 0.529. The number of carboxylic acids is 1. The van der Waals surface area contributed by atoms with E-state index in [-0.39, 0.29) is 16.7 Å². The van der Waals surface area contributed by atoms with Crippen molar-refractivity contribution >= 4 is 33.5 Å². The lowest BCUT2D eigenvalue weighted by atomic mass is 9.97. The summed E-state index contributed by atoms with van der Waals surface area (Å²) in [5, 5.41) is 10.6. The molecule has 162 valence electrons. The van der Waals surface area contributed by atoms with E-state index in [1.54, 1.807) is 12.1 Å². The highest BCUT2D eigenvalue weighted by atomic mass is 35.5. The zero-order valence-corrected chi connectivity index (χ0v) is 16.7. The van der Waals surface area contributed by atoms with E-state index < -0.39 is 22.2 Å². The molecule has 1 aromatic carbocycles. The summed E-state index contributed by atoms with van der Waals surface area (Å²) in [5.74, 6) is -2.75. The first kappa shape index (κ1) is 23.4. The van der Waals surface area contributed by atoms with Gasteiger partial charge in [-0.2, -0.15) is 17.5 Å². The van der Waals surface area contributed by atoms with Crippen LogP contribution in [0.5, 0.6) is 0 Å². The van der Waals surface area contributed by atoms with Crippen LogP contribution in [0.2, 0.25) is 5.02 Å². The van der Waals surface area contributed by atoms with Crippen LogP contribution in [0.3, 0.4) is 0 Å². The van der Waals surface area contributed by atoms with Crippen molar-refractivity contribution in [1.29, 1.82) is 0 Å². The van der Waals surface area contributed by atoms with Crippen molar-refractivity contribution in [2.24, 2.45) is 5.92 Å². The molecule has 29 heavy (non-hydrogen) atoms. The van der Waals surface area contributed by atoms with Crippen molar-refractivity contribution in [3.05, 3.63) is 29.3 Å². The van der Waals surface area contributed by atoms with Gasteiger partial charge in [0.2, 0.25) is 15.9 Å². The van der Waals surface area contributed by atoms with Crippen LogP contribution in [0.15, 0.2) is 29.2 Å². The number of aliphatic carboxylic acids is 1. The fourth-order valence-corrected chi connectivity index (χ4v) is 4.26. The lowest BCUT2D eigenvalue weighted by Gasteiger charge is -2.30. The first-order valence-corrected chi connectivity index (χ1v) is 10.6. The number of hydrogen-bond acceptors (Lipinski definition) is 4. The van der Waals surface area contributed by atoms with Crippen molar-refractivity contribution < 1.29 is 36.3 Å². The van der Waals surface area contributed by atoms with Crippen LogP contribution in [0.25, 0.3) is 0 Å². The number of hydrogen-bond donors (Lipinski definition) is 2. The minimum absolute atomic E-state index is 0.0720. The van der Waals surface area contributed by atoms with Gasteiger partial charge in [-0.1, -0.05) is 11.6 Å². The minimum atomic E-state index is -5.08. The van der Waals surface area contributed by atoms with Gasteiger partial charge in [-0.25, -0.2) is 13.2 Å². The normalized spacial score (nSPS) is 18.5. The Kier molecular flexibility index (Phi) is 7.52. The molecule has 3 rings (SSSR count). The van der Waals surface area contributed by atoms with E-state index in [1.165, 1.54) is 16.4 Å². The number of carbonyl (C=O) groups excluding carboxylic acids is 1. The van der Waals surface area contributed by atoms with E-state index in [0.717, 1.165) is 12.8 Å². The predicted octanol–water partition coefficient (Wildman–Crippen LogP) is 2.65. The Morgan fingerprint density at radius 3 is 1.97 bits per heavy atom. The molecule has 1 aromatic rings. The highest BCUT2D eigenvalue weighted by Gasteiger charge is 2.38. The number of rotatable bonds is 4. The second kappa shape index (κ2) is 9.31. The van der Waals surface area contributed by atoms with E-state index in [0.29, 0.717) is 37.0 Å². The number of sulfonamides is 1. The van der Waals surface area contributed by atoms with Crippen molar-refractivity contribution in [3.8, 4) is 0 Å². The monoisotopic (exact) mass is 456 g/mol. The summed E-state index contributed by atoms with van der Waals surface area (Å²) in [7, 11) is -3.50. The second-order valence-electron chi connectivity index (χ2n) is 6.72. The summed E-state index contributed by atoms with van der Waals surface area (Å²) < 4.78 is 58.3. The molecule has 12 heteroatoms. The maximum Gasteiger partial charge on any atom is 0.490 e. The summed E-state index contributed by atoms with van der Waals surface area (Å²) in [6.45, 7) is 0.765. The molecule has 0 atom stereocenters. The van der Waals surface area contributed by atoms with E-state index >= 15 is 0 Å². The molecule has 1 aliphatic heterocycles. The van der Waals surface area contributed by atoms with E-state index in [1.807, 2.05) is 0 Å². The highest BCUT2D eigenvalue weighted by Crippen LogP contribution is 2.26. The topological polar surface area (TPSA) is 104 Å². The lowest BCUT2D eigenvalue weighted by molar-refractivity contribution is -0.192. The molecule has 0 aromatic heterocycles. The number of amides is 1. The van der Waals surface area contributed by atoms with Gasteiger partial charge in [0, 0.05) is 30.1 Å². The van der Waals surface area contributed by atoms with Crippen LogP contribution in [-0.4, -0.2) is 55.0 Å². The standard InChI is InChI=1S/C15H19ClN2O3S.C2HF3O2/c16-12-1-5-14(6-2-12)22(20,21)18-9-7-11(8-10-18)15(19)17-13-3-4-13;3-2(4,5)1(6)7/h1-2,5-6,11,13H,3-4,7-10H2,(H,17,19);(H,6,7). The zero-order valence-electron chi connectivity index (χ0n) is 15.2. The first-order chi connectivity index (χ1) is 13.4. The van der Waals surface area contributed by atoms with Gasteiger partial charge >= 0.3 is 12.1 Å². The van der Waals surface area contributed by atoms with Crippen LogP contribution in [-0.2, 0) is 19.6 Å². The Morgan fingerprint density at radius 2 is 1.55 bits per heavy atom. The van der Waals surface area contributed by atoms with Crippen molar-refractivity contribution in [1.82, 2.24) is 9.62 Å². The smallest absolute Gasteiger partial charge is 0.475 e. The Labute approximate surface area is 170 Å². The molecule has 1 amide bonds. The predicted molar refractivity (Wildman–Crippen MR) is 97.8 cm³/mol. The summed E-state index contributed by atoms with van der Waals surface area (Å²) in [5.41, 5.74) is 0. The van der Waals surface area contributed by atoms with Crippen molar-refractivity contribution in [2.45, 2.75) is 42.8 Å². The molecule has 1 heterocycles. The second-order valence-corrected chi connectivity index (χ2v) is 9.09. The van der Waals surface area contributed by atoms with Crippen LogP contribution >= 0.6 is 11.6 Å². The summed E-state index contributed by atoms with van der Waals surface area (Å²) >= 11 is 5.80. The molecule has 0 spiro atoms. The van der Waals surface area contributed by atoms with Crippen LogP contribution in [0.4, 0.5) is 13.2 Å². The van der Waals surface area contributed by atoms with E-state index in [4.69, 9.17) is 21.5 Å². The van der Waals surface area contributed by atoms with E-state index in [2.05, 4.69) is 5.32 Å². The van der Waals surface area contributed by atoms with Crippen molar-refractivity contribution in [2.75, 3.05) is 13.1 Å². The fourth-order valence-electron chi connectivity index (χ4n) is 2.66. The lowest BCUT2D eigenvalue weighted by Crippen LogP contribution is -2.43. The molecule has 1 saturated heterocycles. The number of nitrogens with one attached hydrogen (secondary N) is 1. The van der Waals surface area contributed by atoms with E-state index in [9.17, 15) is 26.4 Å². The number of nitrogens with zero attached hydrogens (tertiary/aromatic N) is 1. The number of alkyl halides is 3. The molecule has 0 unspecified atom stereocenters. The Bertz CT molecular complexity index is 834. The van der Waals surface area contributed by atoms with Gasteiger partial charge in [0.1, 0.15) is 0 Å². The van der Waals surface area contributed by atoms with Crippen molar-refractivity contribution in [3.63, 3.8) is 0 Å². The summed E-state index contributed by atoms with van der Waals surface area (Å²) in [6, 6.07) is 6.53. The van der Waals surface area contributed by atoms with Crippen LogP contribution in [0.1, 0.15) is 25.7 Å².